The summed E-state index contributed by atoms with van der Waals surface area (Å²) in [6.07, 6.45) is 2.08. The van der Waals surface area contributed by atoms with Crippen molar-refractivity contribution in [3.05, 3.63) is 0 Å². The molecule has 1 aliphatic heterocycles. The zero-order valence-electron chi connectivity index (χ0n) is 13.0. The van der Waals surface area contributed by atoms with Gasteiger partial charge in [-0.2, -0.15) is 0 Å². The fourth-order valence-electron chi connectivity index (χ4n) is 2.13. The standard InChI is InChI=1S/C14H27N3O2S/c1-11-6-5-9-17(10-11)12(20)15-7-8-16-13(18)19-14(2,3)4/h11H,5-10H2,1-4H3,(H,15,20)(H,16,18). The van der Waals surface area contributed by atoms with Crippen molar-refractivity contribution in [2.45, 2.75) is 46.1 Å². The number of thiocarbonyl (C=S) groups is 1. The van der Waals surface area contributed by atoms with Crippen LogP contribution in [0.5, 0.6) is 0 Å². The van der Waals surface area contributed by atoms with E-state index in [-0.39, 0.29) is 0 Å². The van der Waals surface area contributed by atoms with Crippen LogP contribution in [0.15, 0.2) is 0 Å². The number of likely N-dealkylation sites (tertiary alicyclic amines) is 1. The molecule has 2 N–H and O–H groups in total. The number of nitrogens with one attached hydrogen (secondary N) is 2. The lowest BCUT2D eigenvalue weighted by molar-refractivity contribution is 0.0529. The number of ether oxygens (including phenoxy) is 1. The minimum absolute atomic E-state index is 0.392. The smallest absolute Gasteiger partial charge is 0.407 e. The van der Waals surface area contributed by atoms with Gasteiger partial charge in [0.1, 0.15) is 5.60 Å². The number of hydrogen-bond acceptors (Lipinski definition) is 3. The fraction of sp³-hybridized carbons (Fsp3) is 0.857. The third-order valence-electron chi connectivity index (χ3n) is 3.01. The van der Waals surface area contributed by atoms with Crippen LogP contribution >= 0.6 is 12.2 Å². The number of piperidine rings is 1. The van der Waals surface area contributed by atoms with Gasteiger partial charge < -0.3 is 20.3 Å². The summed E-state index contributed by atoms with van der Waals surface area (Å²) >= 11 is 5.36. The molecule has 1 amide bonds. The summed E-state index contributed by atoms with van der Waals surface area (Å²) in [5.74, 6) is 0.698. The van der Waals surface area contributed by atoms with Gasteiger partial charge in [0.2, 0.25) is 0 Å². The number of amides is 1. The van der Waals surface area contributed by atoms with Gasteiger partial charge in [-0.3, -0.25) is 0 Å². The largest absolute Gasteiger partial charge is 0.444 e. The van der Waals surface area contributed by atoms with E-state index in [1.54, 1.807) is 0 Å². The first kappa shape index (κ1) is 17.0. The zero-order chi connectivity index (χ0) is 15.2. The van der Waals surface area contributed by atoms with Crippen LogP contribution in [-0.2, 0) is 4.74 Å². The van der Waals surface area contributed by atoms with E-state index >= 15 is 0 Å². The molecule has 0 bridgehead atoms. The number of alkyl carbamates (subject to hydrolysis) is 1. The van der Waals surface area contributed by atoms with Gasteiger partial charge in [0.15, 0.2) is 5.11 Å². The second-order valence-electron chi connectivity index (χ2n) is 6.35. The molecule has 1 saturated heterocycles. The Labute approximate surface area is 127 Å². The van der Waals surface area contributed by atoms with E-state index in [2.05, 4.69) is 22.5 Å². The Bertz CT molecular complexity index is 342. The summed E-state index contributed by atoms with van der Waals surface area (Å²) in [4.78, 5) is 13.6. The number of hydrogen-bond donors (Lipinski definition) is 2. The van der Waals surface area contributed by atoms with Gasteiger partial charge in [-0.05, 0) is 51.7 Å². The van der Waals surface area contributed by atoms with Crippen LogP contribution in [-0.4, -0.2) is 47.9 Å². The second kappa shape index (κ2) is 7.67. The van der Waals surface area contributed by atoms with Gasteiger partial charge in [0.05, 0.1) is 0 Å². The van der Waals surface area contributed by atoms with Crippen molar-refractivity contribution in [2.24, 2.45) is 5.92 Å². The molecular formula is C14H27N3O2S. The highest BCUT2D eigenvalue weighted by atomic mass is 32.1. The van der Waals surface area contributed by atoms with Crippen molar-refractivity contribution in [3.63, 3.8) is 0 Å². The average Bonchev–Trinajstić information content (AvgIpc) is 2.32. The zero-order valence-corrected chi connectivity index (χ0v) is 13.8. The van der Waals surface area contributed by atoms with Gasteiger partial charge in [-0.1, -0.05) is 6.92 Å². The topological polar surface area (TPSA) is 53.6 Å². The monoisotopic (exact) mass is 301 g/mol. The highest BCUT2D eigenvalue weighted by Crippen LogP contribution is 2.15. The van der Waals surface area contributed by atoms with Gasteiger partial charge in [0, 0.05) is 26.2 Å². The molecule has 1 atom stereocenters. The summed E-state index contributed by atoms with van der Waals surface area (Å²) in [5, 5.41) is 6.66. The first-order valence-electron chi connectivity index (χ1n) is 7.27. The molecule has 0 aromatic carbocycles. The summed E-state index contributed by atoms with van der Waals surface area (Å²) in [7, 11) is 0. The van der Waals surface area contributed by atoms with Crippen molar-refractivity contribution < 1.29 is 9.53 Å². The third kappa shape index (κ3) is 6.93. The summed E-state index contributed by atoms with van der Waals surface area (Å²) in [5.41, 5.74) is -0.462. The Morgan fingerprint density at radius 2 is 2.00 bits per heavy atom. The highest BCUT2D eigenvalue weighted by Gasteiger charge is 2.18. The van der Waals surface area contributed by atoms with E-state index in [1.807, 2.05) is 20.8 Å². The highest BCUT2D eigenvalue weighted by molar-refractivity contribution is 7.80. The third-order valence-corrected chi connectivity index (χ3v) is 3.42. The van der Waals surface area contributed by atoms with Crippen molar-refractivity contribution >= 4 is 23.4 Å². The molecular weight excluding hydrogens is 274 g/mol. The maximum Gasteiger partial charge on any atom is 0.407 e. The Hall–Kier alpha value is -1.04. The second-order valence-corrected chi connectivity index (χ2v) is 6.74. The van der Waals surface area contributed by atoms with Crippen LogP contribution in [0.4, 0.5) is 4.79 Å². The Kier molecular flexibility index (Phi) is 6.52. The molecule has 0 radical (unpaired) electrons. The molecule has 1 fully saturated rings. The maximum atomic E-state index is 11.4. The fourth-order valence-corrected chi connectivity index (χ4v) is 2.40. The molecule has 1 rings (SSSR count). The van der Waals surface area contributed by atoms with E-state index in [4.69, 9.17) is 17.0 Å². The minimum atomic E-state index is -0.462. The summed E-state index contributed by atoms with van der Waals surface area (Å²) in [6.45, 7) is 10.9. The van der Waals surface area contributed by atoms with Crippen LogP contribution < -0.4 is 10.6 Å². The van der Waals surface area contributed by atoms with Gasteiger partial charge >= 0.3 is 6.09 Å². The first-order valence-corrected chi connectivity index (χ1v) is 7.68. The van der Waals surface area contributed by atoms with Crippen LogP contribution in [0, 0.1) is 5.92 Å². The molecule has 20 heavy (non-hydrogen) atoms. The number of rotatable bonds is 3. The van der Waals surface area contributed by atoms with E-state index in [1.165, 1.54) is 12.8 Å². The Morgan fingerprint density at radius 3 is 2.60 bits per heavy atom. The van der Waals surface area contributed by atoms with Crippen molar-refractivity contribution in [3.8, 4) is 0 Å². The van der Waals surface area contributed by atoms with Crippen molar-refractivity contribution in [1.29, 1.82) is 0 Å². The molecule has 1 aliphatic rings. The lowest BCUT2D eigenvalue weighted by Crippen LogP contribution is -2.46. The molecule has 0 saturated carbocycles. The normalized spacial score (nSPS) is 19.4. The molecule has 5 nitrogen and oxygen atoms in total. The Balaban J connectivity index is 2.14. The molecule has 1 heterocycles. The molecule has 1 unspecified atom stereocenters. The Morgan fingerprint density at radius 1 is 1.35 bits per heavy atom. The van der Waals surface area contributed by atoms with Crippen molar-refractivity contribution in [1.82, 2.24) is 15.5 Å². The van der Waals surface area contributed by atoms with E-state index < -0.39 is 11.7 Å². The lowest BCUT2D eigenvalue weighted by Gasteiger charge is -2.33. The van der Waals surface area contributed by atoms with E-state index in [0.29, 0.717) is 19.0 Å². The molecule has 0 aromatic rings. The van der Waals surface area contributed by atoms with Crippen LogP contribution in [0.2, 0.25) is 0 Å². The van der Waals surface area contributed by atoms with Crippen LogP contribution in [0.3, 0.4) is 0 Å². The predicted octanol–water partition coefficient (Wildman–Crippen LogP) is 2.12. The number of nitrogens with zero attached hydrogens (tertiary/aromatic N) is 1. The molecule has 0 aromatic heterocycles. The van der Waals surface area contributed by atoms with Crippen LogP contribution in [0.1, 0.15) is 40.5 Å². The molecule has 0 spiro atoms. The number of carbonyl (C=O) groups excluding carboxylic acids is 1. The van der Waals surface area contributed by atoms with Gasteiger partial charge in [0.25, 0.3) is 0 Å². The average molecular weight is 301 g/mol. The summed E-state index contributed by atoms with van der Waals surface area (Å²) < 4.78 is 5.15. The SMILES string of the molecule is CC1CCCN(C(=S)NCCNC(=O)OC(C)(C)C)C1. The first-order chi connectivity index (χ1) is 9.28. The predicted molar refractivity (Wildman–Crippen MR) is 84.8 cm³/mol. The quantitative estimate of drug-likeness (QED) is 0.618. The minimum Gasteiger partial charge on any atom is -0.444 e. The van der Waals surface area contributed by atoms with Gasteiger partial charge in [-0.15, -0.1) is 0 Å². The maximum absolute atomic E-state index is 11.4. The van der Waals surface area contributed by atoms with E-state index in [0.717, 1.165) is 18.2 Å². The number of carbonyl (C=O) groups is 1. The van der Waals surface area contributed by atoms with Crippen molar-refractivity contribution in [2.75, 3.05) is 26.2 Å². The van der Waals surface area contributed by atoms with Gasteiger partial charge in [-0.25, -0.2) is 4.79 Å². The van der Waals surface area contributed by atoms with Crippen LogP contribution in [0.25, 0.3) is 0 Å². The molecule has 0 aliphatic carbocycles. The molecule has 116 valence electrons. The molecule has 6 heteroatoms. The lowest BCUT2D eigenvalue weighted by atomic mass is 10.0. The van der Waals surface area contributed by atoms with E-state index in [9.17, 15) is 4.79 Å². The summed E-state index contributed by atoms with van der Waals surface area (Å²) in [6, 6.07) is 0.